The van der Waals surface area contributed by atoms with Gasteiger partial charge in [-0.1, -0.05) is 35.9 Å². The smallest absolute Gasteiger partial charge is 0.272 e. The van der Waals surface area contributed by atoms with Crippen LogP contribution < -0.4 is 0 Å². The van der Waals surface area contributed by atoms with Gasteiger partial charge in [-0.3, -0.25) is 4.79 Å². The van der Waals surface area contributed by atoms with Gasteiger partial charge in [-0.05, 0) is 30.7 Å². The Morgan fingerprint density at radius 2 is 2.08 bits per heavy atom. The summed E-state index contributed by atoms with van der Waals surface area (Å²) in [5.41, 5.74) is 0.387. The second-order valence-electron chi connectivity index (χ2n) is 5.96. The van der Waals surface area contributed by atoms with Crippen LogP contribution in [0.5, 0.6) is 0 Å². The Bertz CT molecular complexity index is 714. The molecule has 3 rings (SSSR count). The molecule has 1 fully saturated rings. The molecule has 24 heavy (non-hydrogen) atoms. The molecular weight excluding hydrogens is 328 g/mol. The van der Waals surface area contributed by atoms with Crippen LogP contribution in [0.3, 0.4) is 0 Å². The third-order valence-electron chi connectivity index (χ3n) is 4.30. The molecule has 5 nitrogen and oxygen atoms in total. The van der Waals surface area contributed by atoms with Gasteiger partial charge in [0.1, 0.15) is 10.8 Å². The molecule has 0 unspecified atom stereocenters. The van der Waals surface area contributed by atoms with Crippen LogP contribution in [0.25, 0.3) is 10.8 Å². The van der Waals surface area contributed by atoms with Crippen LogP contribution in [0, 0.1) is 0 Å². The minimum absolute atomic E-state index is 0.0866. The van der Waals surface area contributed by atoms with E-state index in [1.807, 2.05) is 24.3 Å². The first-order valence-electron chi connectivity index (χ1n) is 8.26. The van der Waals surface area contributed by atoms with Crippen LogP contribution in [0.4, 0.5) is 0 Å². The SMILES string of the molecule is O=C(c1cc2ccccc2c(Cl)n1)N1CCC(OCCCO)CC1. The lowest BCUT2D eigenvalue weighted by atomic mass is 10.1. The van der Waals surface area contributed by atoms with Gasteiger partial charge < -0.3 is 14.7 Å². The van der Waals surface area contributed by atoms with E-state index >= 15 is 0 Å². The molecule has 0 saturated carbocycles. The summed E-state index contributed by atoms with van der Waals surface area (Å²) in [6, 6.07) is 9.45. The largest absolute Gasteiger partial charge is 0.396 e. The number of benzene rings is 1. The average molecular weight is 349 g/mol. The summed E-state index contributed by atoms with van der Waals surface area (Å²) in [5.74, 6) is -0.0866. The van der Waals surface area contributed by atoms with Crippen LogP contribution in [-0.2, 0) is 4.74 Å². The van der Waals surface area contributed by atoms with E-state index in [2.05, 4.69) is 4.98 Å². The highest BCUT2D eigenvalue weighted by Crippen LogP contribution is 2.24. The average Bonchev–Trinajstić information content (AvgIpc) is 2.62. The third kappa shape index (κ3) is 3.86. The molecule has 1 aromatic carbocycles. The molecule has 1 saturated heterocycles. The zero-order valence-corrected chi connectivity index (χ0v) is 14.2. The number of aliphatic hydroxyl groups excluding tert-OH is 1. The molecule has 1 amide bonds. The highest BCUT2D eigenvalue weighted by Gasteiger charge is 2.25. The van der Waals surface area contributed by atoms with Gasteiger partial charge in [-0.15, -0.1) is 0 Å². The molecule has 6 heteroatoms. The number of hydrogen-bond acceptors (Lipinski definition) is 4. The van der Waals surface area contributed by atoms with E-state index in [9.17, 15) is 4.79 Å². The molecule has 1 aliphatic rings. The Morgan fingerprint density at radius 1 is 1.33 bits per heavy atom. The van der Waals surface area contributed by atoms with E-state index in [1.165, 1.54) is 0 Å². The van der Waals surface area contributed by atoms with Gasteiger partial charge in [-0.25, -0.2) is 4.98 Å². The van der Waals surface area contributed by atoms with E-state index < -0.39 is 0 Å². The molecule has 0 atom stereocenters. The maximum Gasteiger partial charge on any atom is 0.272 e. The molecule has 1 N–H and O–H groups in total. The Labute approximate surface area is 146 Å². The highest BCUT2D eigenvalue weighted by molar-refractivity contribution is 6.34. The number of likely N-dealkylation sites (tertiary alicyclic amines) is 1. The lowest BCUT2D eigenvalue weighted by Crippen LogP contribution is -2.41. The minimum atomic E-state index is -0.0866. The minimum Gasteiger partial charge on any atom is -0.396 e. The van der Waals surface area contributed by atoms with Crippen LogP contribution in [0.2, 0.25) is 5.15 Å². The number of aliphatic hydroxyl groups is 1. The number of rotatable bonds is 5. The fraction of sp³-hybridized carbons (Fsp3) is 0.444. The van der Waals surface area contributed by atoms with Gasteiger partial charge in [0.25, 0.3) is 5.91 Å². The second kappa shape index (κ2) is 7.92. The molecule has 0 radical (unpaired) electrons. The fourth-order valence-corrected chi connectivity index (χ4v) is 3.23. The second-order valence-corrected chi connectivity index (χ2v) is 6.32. The molecule has 128 valence electrons. The van der Waals surface area contributed by atoms with Gasteiger partial charge in [0.2, 0.25) is 0 Å². The molecule has 1 aromatic heterocycles. The molecule has 0 spiro atoms. The van der Waals surface area contributed by atoms with Crippen molar-refractivity contribution in [1.82, 2.24) is 9.88 Å². The van der Waals surface area contributed by atoms with Crippen molar-refractivity contribution in [2.75, 3.05) is 26.3 Å². The summed E-state index contributed by atoms with van der Waals surface area (Å²) in [5, 5.41) is 10.9. The van der Waals surface area contributed by atoms with Crippen molar-refractivity contribution >= 4 is 28.3 Å². The first-order valence-corrected chi connectivity index (χ1v) is 8.64. The first kappa shape index (κ1) is 17.1. The summed E-state index contributed by atoms with van der Waals surface area (Å²) in [4.78, 5) is 18.8. The number of hydrogen-bond donors (Lipinski definition) is 1. The summed E-state index contributed by atoms with van der Waals surface area (Å²) < 4.78 is 5.70. The number of carbonyl (C=O) groups is 1. The third-order valence-corrected chi connectivity index (χ3v) is 4.59. The summed E-state index contributed by atoms with van der Waals surface area (Å²) in [7, 11) is 0. The van der Waals surface area contributed by atoms with E-state index in [1.54, 1.807) is 11.0 Å². The molecular formula is C18H21ClN2O3. The molecule has 1 aliphatic heterocycles. The zero-order chi connectivity index (χ0) is 16.9. The number of halogens is 1. The molecule has 0 aliphatic carbocycles. The normalized spacial score (nSPS) is 15.8. The summed E-state index contributed by atoms with van der Waals surface area (Å²) >= 11 is 6.22. The number of aromatic nitrogens is 1. The van der Waals surface area contributed by atoms with Crippen molar-refractivity contribution in [3.05, 3.63) is 41.2 Å². The Kier molecular flexibility index (Phi) is 5.66. The number of pyridine rings is 1. The molecule has 0 bridgehead atoms. The van der Waals surface area contributed by atoms with Crippen molar-refractivity contribution in [2.24, 2.45) is 0 Å². The van der Waals surface area contributed by atoms with Crippen molar-refractivity contribution in [2.45, 2.75) is 25.4 Å². The Balaban J connectivity index is 1.65. The van der Waals surface area contributed by atoms with Crippen molar-refractivity contribution < 1.29 is 14.6 Å². The van der Waals surface area contributed by atoms with Crippen molar-refractivity contribution in [3.63, 3.8) is 0 Å². The van der Waals surface area contributed by atoms with Crippen LogP contribution in [0.15, 0.2) is 30.3 Å². The number of nitrogens with zero attached hydrogens (tertiary/aromatic N) is 2. The summed E-state index contributed by atoms with van der Waals surface area (Å²) in [6.07, 6.45) is 2.42. The number of piperidine rings is 1. The van der Waals surface area contributed by atoms with Crippen LogP contribution in [0.1, 0.15) is 29.8 Å². The number of fused-ring (bicyclic) bond motifs is 1. The van der Waals surface area contributed by atoms with E-state index in [4.69, 9.17) is 21.4 Å². The number of ether oxygens (including phenoxy) is 1. The lowest BCUT2D eigenvalue weighted by molar-refractivity contribution is 0.00384. The number of amides is 1. The van der Waals surface area contributed by atoms with Crippen molar-refractivity contribution in [3.8, 4) is 0 Å². The molecule has 2 aromatic rings. The van der Waals surface area contributed by atoms with Gasteiger partial charge >= 0.3 is 0 Å². The lowest BCUT2D eigenvalue weighted by Gasteiger charge is -2.31. The van der Waals surface area contributed by atoms with E-state index in [-0.39, 0.29) is 18.6 Å². The van der Waals surface area contributed by atoms with Gasteiger partial charge in [0.15, 0.2) is 0 Å². The quantitative estimate of drug-likeness (QED) is 0.666. The Morgan fingerprint density at radius 3 is 2.83 bits per heavy atom. The topological polar surface area (TPSA) is 62.7 Å². The van der Waals surface area contributed by atoms with Gasteiger partial charge in [0.05, 0.1) is 6.10 Å². The zero-order valence-electron chi connectivity index (χ0n) is 13.4. The monoisotopic (exact) mass is 348 g/mol. The predicted molar refractivity (Wildman–Crippen MR) is 93.3 cm³/mol. The highest BCUT2D eigenvalue weighted by atomic mass is 35.5. The van der Waals surface area contributed by atoms with E-state index in [0.717, 1.165) is 23.6 Å². The predicted octanol–water partition coefficient (Wildman–Crippen LogP) is 2.89. The standard InChI is InChI=1S/C18H21ClN2O3/c19-17-15-5-2-1-4-13(15)12-16(20-17)18(23)21-8-6-14(7-9-21)24-11-3-10-22/h1-2,4-5,12,14,22H,3,6-11H2. The first-order chi connectivity index (χ1) is 11.7. The maximum atomic E-state index is 12.7. The Hall–Kier alpha value is -1.69. The molecule has 2 heterocycles. The van der Waals surface area contributed by atoms with E-state index in [0.29, 0.717) is 37.0 Å². The number of carbonyl (C=O) groups excluding carboxylic acids is 1. The van der Waals surface area contributed by atoms with Crippen LogP contribution >= 0.6 is 11.6 Å². The summed E-state index contributed by atoms with van der Waals surface area (Å²) in [6.45, 7) is 2.01. The maximum absolute atomic E-state index is 12.7. The van der Waals surface area contributed by atoms with Gasteiger partial charge in [-0.2, -0.15) is 0 Å². The fourth-order valence-electron chi connectivity index (χ4n) is 2.97. The van der Waals surface area contributed by atoms with Crippen molar-refractivity contribution in [1.29, 1.82) is 0 Å². The van der Waals surface area contributed by atoms with Crippen LogP contribution in [-0.4, -0.2) is 53.3 Å². The van der Waals surface area contributed by atoms with Gasteiger partial charge in [0, 0.05) is 31.7 Å².